The second-order valence-electron chi connectivity index (χ2n) is 8.33. The molecule has 0 radical (unpaired) electrons. The average molecular weight is 327 g/mol. The first kappa shape index (κ1) is 20.4. The molecule has 1 saturated heterocycles. The normalized spacial score (nSPS) is 21.3. The zero-order chi connectivity index (χ0) is 17.5. The molecule has 1 aliphatic rings. The van der Waals surface area contributed by atoms with E-state index < -0.39 is 0 Å². The maximum absolute atomic E-state index is 11.4. The second-order valence-corrected chi connectivity index (χ2v) is 8.33. The summed E-state index contributed by atoms with van der Waals surface area (Å²) in [4.78, 5) is 17.6. The van der Waals surface area contributed by atoms with Gasteiger partial charge in [-0.15, -0.1) is 0 Å². The van der Waals surface area contributed by atoms with Crippen LogP contribution in [0.1, 0.15) is 92.9 Å². The molecule has 4 nitrogen and oxygen atoms in total. The van der Waals surface area contributed by atoms with Crippen LogP contribution in [0.5, 0.6) is 0 Å². The topological polar surface area (TPSA) is 41.6 Å². The lowest BCUT2D eigenvalue weighted by Crippen LogP contribution is -2.64. The van der Waals surface area contributed by atoms with Crippen LogP contribution in [0.15, 0.2) is 0 Å². The quantitative estimate of drug-likeness (QED) is 0.637. The smallest absolute Gasteiger partial charge is 0.217 e. The lowest BCUT2D eigenvalue weighted by molar-refractivity contribution is -0.284. The first-order valence-electron chi connectivity index (χ1n) is 9.39. The fourth-order valence-electron chi connectivity index (χ4n) is 4.04. The van der Waals surface area contributed by atoms with Crippen molar-refractivity contribution < 1.29 is 9.63 Å². The Morgan fingerprint density at radius 3 is 2.09 bits per heavy atom. The number of nitrogens with one attached hydrogen (secondary N) is 1. The molecule has 1 rings (SSSR count). The van der Waals surface area contributed by atoms with E-state index in [-0.39, 0.29) is 23.0 Å². The van der Waals surface area contributed by atoms with Crippen molar-refractivity contribution in [3.05, 3.63) is 0 Å². The van der Waals surface area contributed by atoms with E-state index in [1.807, 2.05) is 0 Å². The molecule has 1 heterocycles. The highest BCUT2D eigenvalue weighted by molar-refractivity contribution is 5.73. The standard InChI is InChI=1S/C19H38N2O2/c1-7-8-9-10-11-12-13-23-21-18(3,4)14-17(20-16(2)22)15-19(21,5)6/h17H,7-15H2,1-6H3,(H,20,22). The van der Waals surface area contributed by atoms with Crippen LogP contribution in [0.4, 0.5) is 0 Å². The summed E-state index contributed by atoms with van der Waals surface area (Å²) in [5.74, 6) is 0.0584. The summed E-state index contributed by atoms with van der Waals surface area (Å²) in [6.07, 6.45) is 9.52. The van der Waals surface area contributed by atoms with E-state index in [0.717, 1.165) is 25.9 Å². The Hall–Kier alpha value is -0.610. The maximum atomic E-state index is 11.4. The summed E-state index contributed by atoms with van der Waals surface area (Å²) in [7, 11) is 0. The van der Waals surface area contributed by atoms with Gasteiger partial charge in [0, 0.05) is 24.0 Å². The van der Waals surface area contributed by atoms with Crippen molar-refractivity contribution in [1.29, 1.82) is 0 Å². The molecule has 0 aromatic rings. The number of unbranched alkanes of at least 4 members (excludes halogenated alkanes) is 5. The zero-order valence-corrected chi connectivity index (χ0v) is 16.2. The lowest BCUT2D eigenvalue weighted by Gasteiger charge is -2.53. The van der Waals surface area contributed by atoms with Crippen LogP contribution in [0.25, 0.3) is 0 Å². The largest absolute Gasteiger partial charge is 0.353 e. The fourth-order valence-corrected chi connectivity index (χ4v) is 4.04. The molecule has 23 heavy (non-hydrogen) atoms. The average Bonchev–Trinajstić information content (AvgIpc) is 2.38. The highest BCUT2D eigenvalue weighted by atomic mass is 16.7. The summed E-state index contributed by atoms with van der Waals surface area (Å²) >= 11 is 0. The number of carbonyl (C=O) groups is 1. The van der Waals surface area contributed by atoms with Crippen molar-refractivity contribution in [2.45, 2.75) is 110 Å². The summed E-state index contributed by atoms with van der Waals surface area (Å²) < 4.78 is 0. The molecule has 0 aliphatic carbocycles. The summed E-state index contributed by atoms with van der Waals surface area (Å²) in [5, 5.41) is 5.27. The number of rotatable bonds is 9. The molecule has 136 valence electrons. The zero-order valence-electron chi connectivity index (χ0n) is 16.2. The van der Waals surface area contributed by atoms with E-state index in [9.17, 15) is 4.79 Å². The molecule has 0 saturated carbocycles. The number of nitrogens with zero attached hydrogens (tertiary/aromatic N) is 1. The van der Waals surface area contributed by atoms with Crippen LogP contribution in [0, 0.1) is 0 Å². The van der Waals surface area contributed by atoms with Crippen molar-refractivity contribution in [1.82, 2.24) is 10.4 Å². The van der Waals surface area contributed by atoms with Gasteiger partial charge in [-0.3, -0.25) is 9.63 Å². The third-order valence-corrected chi connectivity index (χ3v) is 4.72. The van der Waals surface area contributed by atoms with Gasteiger partial charge in [-0.2, -0.15) is 5.06 Å². The van der Waals surface area contributed by atoms with E-state index in [1.165, 1.54) is 32.1 Å². The van der Waals surface area contributed by atoms with E-state index in [1.54, 1.807) is 6.92 Å². The number of hydrogen-bond donors (Lipinski definition) is 1. The SMILES string of the molecule is CCCCCCCCON1C(C)(C)CC(NC(C)=O)CC1(C)C. The van der Waals surface area contributed by atoms with Crippen molar-refractivity contribution in [3.8, 4) is 0 Å². The Morgan fingerprint density at radius 2 is 1.57 bits per heavy atom. The van der Waals surface area contributed by atoms with E-state index >= 15 is 0 Å². The first-order chi connectivity index (χ1) is 10.7. The van der Waals surface area contributed by atoms with Gasteiger partial charge in [0.25, 0.3) is 0 Å². The Morgan fingerprint density at radius 1 is 1.04 bits per heavy atom. The lowest BCUT2D eigenvalue weighted by atomic mass is 9.79. The molecule has 1 fully saturated rings. The number of amides is 1. The fraction of sp³-hybridized carbons (Fsp3) is 0.947. The molecular weight excluding hydrogens is 288 g/mol. The predicted octanol–water partition coefficient (Wildman–Crippen LogP) is 4.44. The maximum Gasteiger partial charge on any atom is 0.217 e. The third kappa shape index (κ3) is 6.80. The van der Waals surface area contributed by atoms with Crippen molar-refractivity contribution >= 4 is 5.91 Å². The van der Waals surface area contributed by atoms with Gasteiger partial charge in [0.2, 0.25) is 5.91 Å². The van der Waals surface area contributed by atoms with Crippen molar-refractivity contribution in [3.63, 3.8) is 0 Å². The molecule has 0 bridgehead atoms. The molecule has 0 unspecified atom stereocenters. The summed E-state index contributed by atoms with van der Waals surface area (Å²) in [5.41, 5.74) is -0.145. The van der Waals surface area contributed by atoms with Crippen LogP contribution in [0.3, 0.4) is 0 Å². The van der Waals surface area contributed by atoms with Gasteiger partial charge < -0.3 is 5.32 Å². The molecular formula is C19H38N2O2. The van der Waals surface area contributed by atoms with Crippen LogP contribution in [-0.4, -0.2) is 34.7 Å². The first-order valence-corrected chi connectivity index (χ1v) is 9.39. The van der Waals surface area contributed by atoms with Crippen LogP contribution in [0.2, 0.25) is 0 Å². The molecule has 0 atom stereocenters. The molecule has 1 N–H and O–H groups in total. The minimum atomic E-state index is -0.0723. The van der Waals surface area contributed by atoms with Gasteiger partial charge in [-0.05, 0) is 47.0 Å². The summed E-state index contributed by atoms with van der Waals surface area (Å²) in [6, 6.07) is 0.228. The number of hydrogen-bond acceptors (Lipinski definition) is 3. The highest BCUT2D eigenvalue weighted by Crippen LogP contribution is 2.38. The summed E-state index contributed by atoms with van der Waals surface area (Å²) in [6.45, 7) is 13.5. The molecule has 0 aromatic carbocycles. The second kappa shape index (κ2) is 9.03. The Balaban J connectivity index is 2.46. The highest BCUT2D eigenvalue weighted by Gasteiger charge is 2.46. The predicted molar refractivity (Wildman–Crippen MR) is 96.2 cm³/mol. The Kier molecular flexibility index (Phi) is 8.02. The van der Waals surface area contributed by atoms with Gasteiger partial charge >= 0.3 is 0 Å². The van der Waals surface area contributed by atoms with Gasteiger partial charge in [-0.1, -0.05) is 39.0 Å². The minimum Gasteiger partial charge on any atom is -0.353 e. The molecule has 0 spiro atoms. The van der Waals surface area contributed by atoms with Gasteiger partial charge in [0.1, 0.15) is 0 Å². The van der Waals surface area contributed by atoms with Crippen LogP contribution >= 0.6 is 0 Å². The van der Waals surface area contributed by atoms with Crippen LogP contribution < -0.4 is 5.32 Å². The molecule has 0 aromatic heterocycles. The molecule has 1 aliphatic heterocycles. The molecule has 4 heteroatoms. The van der Waals surface area contributed by atoms with Gasteiger partial charge in [0.05, 0.1) is 6.61 Å². The van der Waals surface area contributed by atoms with Gasteiger partial charge in [0.15, 0.2) is 0 Å². The van der Waals surface area contributed by atoms with Crippen LogP contribution in [-0.2, 0) is 9.63 Å². The van der Waals surface area contributed by atoms with Gasteiger partial charge in [-0.25, -0.2) is 0 Å². The number of piperidine rings is 1. The van der Waals surface area contributed by atoms with Crippen molar-refractivity contribution in [2.75, 3.05) is 6.61 Å². The number of carbonyl (C=O) groups excluding carboxylic acids is 1. The molecule has 1 amide bonds. The van der Waals surface area contributed by atoms with Crippen molar-refractivity contribution in [2.24, 2.45) is 0 Å². The third-order valence-electron chi connectivity index (χ3n) is 4.72. The van der Waals surface area contributed by atoms with E-state index in [4.69, 9.17) is 4.84 Å². The minimum absolute atomic E-state index is 0.0584. The monoisotopic (exact) mass is 326 g/mol. The van der Waals surface area contributed by atoms with E-state index in [2.05, 4.69) is 45.0 Å². The number of hydroxylamine groups is 2. The van der Waals surface area contributed by atoms with E-state index in [0.29, 0.717) is 0 Å². The Labute approximate surface area is 143 Å². The Bertz CT molecular complexity index is 348.